The summed E-state index contributed by atoms with van der Waals surface area (Å²) in [5, 5.41) is 0. The van der Waals surface area contributed by atoms with Crippen molar-refractivity contribution in [1.82, 2.24) is 0 Å². The molecule has 0 saturated carbocycles. The molecule has 0 N–H and O–H groups in total. The number of benzene rings is 1. The van der Waals surface area contributed by atoms with Crippen molar-refractivity contribution in [2.24, 2.45) is 0 Å². The molecule has 0 aliphatic heterocycles. The minimum absolute atomic E-state index is 0.00594. The van der Waals surface area contributed by atoms with E-state index in [1.54, 1.807) is 13.8 Å². The number of ketones is 1. The van der Waals surface area contributed by atoms with Crippen molar-refractivity contribution in [3.05, 3.63) is 48.0 Å². The molecule has 1 aromatic rings. The Morgan fingerprint density at radius 3 is 2.45 bits per heavy atom. The molecule has 0 aliphatic rings. The summed E-state index contributed by atoms with van der Waals surface area (Å²) in [6, 6.07) is 9.54. The summed E-state index contributed by atoms with van der Waals surface area (Å²) in [6.07, 6.45) is 6.89. The van der Waals surface area contributed by atoms with Gasteiger partial charge in [-0.15, -0.1) is 6.42 Å². The van der Waals surface area contributed by atoms with Gasteiger partial charge in [-0.05, 0) is 39.3 Å². The number of ether oxygens (including phenoxy) is 4. The topological polar surface area (TPSA) is 71.1 Å². The highest BCUT2D eigenvalue weighted by Crippen LogP contribution is 2.15. The van der Waals surface area contributed by atoms with Crippen LogP contribution in [-0.4, -0.2) is 49.4 Å². The number of terminal acetylenes is 1. The first-order chi connectivity index (χ1) is 13.7. The van der Waals surface area contributed by atoms with Crippen LogP contribution in [-0.2, 0) is 35.1 Å². The van der Waals surface area contributed by atoms with Gasteiger partial charge in [-0.25, -0.2) is 4.79 Å². The smallest absolute Gasteiger partial charge is 0.330 e. The number of carbonyl (C=O) groups is 2. The lowest BCUT2D eigenvalue weighted by Gasteiger charge is -2.22. The van der Waals surface area contributed by atoms with Crippen LogP contribution in [0.1, 0.15) is 33.3 Å². The number of esters is 1. The third-order valence-corrected chi connectivity index (χ3v) is 3.77. The maximum absolute atomic E-state index is 12.4. The summed E-state index contributed by atoms with van der Waals surface area (Å²) in [7, 11) is 0. The van der Waals surface area contributed by atoms with Crippen molar-refractivity contribution >= 4 is 11.8 Å². The lowest BCUT2D eigenvalue weighted by molar-refractivity contribution is -0.146. The van der Waals surface area contributed by atoms with E-state index in [0.29, 0.717) is 6.61 Å². The fourth-order valence-corrected chi connectivity index (χ4v) is 2.24. The lowest BCUT2D eigenvalue weighted by atomic mass is 10.0. The minimum Gasteiger partial charge on any atom is -0.460 e. The second-order valence-corrected chi connectivity index (χ2v) is 7.14. The average molecular weight is 402 g/mol. The summed E-state index contributed by atoms with van der Waals surface area (Å²) in [5.74, 6) is 1.38. The molecule has 0 aliphatic carbocycles. The molecule has 1 aromatic carbocycles. The molecule has 0 bridgehead atoms. The second kappa shape index (κ2) is 12.9. The normalized spacial score (nSPS) is 12.7. The SMILES string of the molecule is C#CCOCC(COC(=O)/C=C/C(=O)C(C)(C)OCc1ccccc1)OC(C)C. The van der Waals surface area contributed by atoms with Gasteiger partial charge < -0.3 is 18.9 Å². The average Bonchev–Trinajstić information content (AvgIpc) is 2.69. The van der Waals surface area contributed by atoms with E-state index in [0.717, 1.165) is 11.6 Å². The molecule has 6 nitrogen and oxygen atoms in total. The van der Waals surface area contributed by atoms with Gasteiger partial charge >= 0.3 is 5.97 Å². The molecule has 0 heterocycles. The fraction of sp³-hybridized carbons (Fsp3) is 0.478. The standard InChI is InChI=1S/C23H30O6/c1-6-14-26-16-20(29-18(2)3)17-27-22(25)13-12-21(24)23(4,5)28-15-19-10-8-7-9-11-19/h1,7-13,18,20H,14-17H2,2-5H3/b13-12+. The van der Waals surface area contributed by atoms with Gasteiger partial charge in [-0.2, -0.15) is 0 Å². The van der Waals surface area contributed by atoms with Crippen LogP contribution in [0.3, 0.4) is 0 Å². The molecule has 0 aromatic heterocycles. The second-order valence-electron chi connectivity index (χ2n) is 7.14. The predicted octanol–water partition coefficient (Wildman–Crippen LogP) is 3.09. The Bertz CT molecular complexity index is 700. The van der Waals surface area contributed by atoms with Crippen molar-refractivity contribution in [2.45, 2.75) is 52.1 Å². The molecule has 0 radical (unpaired) electrons. The van der Waals surface area contributed by atoms with Gasteiger partial charge in [0, 0.05) is 6.08 Å². The van der Waals surface area contributed by atoms with E-state index in [1.807, 2.05) is 44.2 Å². The van der Waals surface area contributed by atoms with Crippen molar-refractivity contribution in [1.29, 1.82) is 0 Å². The van der Waals surface area contributed by atoms with Crippen molar-refractivity contribution in [2.75, 3.05) is 19.8 Å². The Kier molecular flexibility index (Phi) is 10.9. The molecule has 0 spiro atoms. The Hall–Kier alpha value is -2.46. The van der Waals surface area contributed by atoms with Crippen LogP contribution in [0.15, 0.2) is 42.5 Å². The molecule has 158 valence electrons. The third-order valence-electron chi connectivity index (χ3n) is 3.77. The van der Waals surface area contributed by atoms with Gasteiger partial charge in [-0.1, -0.05) is 36.3 Å². The predicted molar refractivity (Wildman–Crippen MR) is 110 cm³/mol. The molecular formula is C23H30O6. The molecule has 0 saturated heterocycles. The van der Waals surface area contributed by atoms with Gasteiger partial charge in [0.1, 0.15) is 24.9 Å². The summed E-state index contributed by atoms with van der Waals surface area (Å²) in [5.41, 5.74) is -0.112. The van der Waals surface area contributed by atoms with Crippen molar-refractivity contribution in [3.63, 3.8) is 0 Å². The van der Waals surface area contributed by atoms with Gasteiger partial charge in [-0.3, -0.25) is 4.79 Å². The summed E-state index contributed by atoms with van der Waals surface area (Å²) in [4.78, 5) is 24.3. The van der Waals surface area contributed by atoms with Gasteiger partial charge in [0.2, 0.25) is 0 Å². The number of hydrogen-bond acceptors (Lipinski definition) is 6. The van der Waals surface area contributed by atoms with E-state index >= 15 is 0 Å². The highest BCUT2D eigenvalue weighted by atomic mass is 16.6. The highest BCUT2D eigenvalue weighted by Gasteiger charge is 2.26. The summed E-state index contributed by atoms with van der Waals surface area (Å²) < 4.78 is 21.7. The molecule has 0 fully saturated rings. The van der Waals surface area contributed by atoms with Crippen LogP contribution in [0.5, 0.6) is 0 Å². The molecule has 6 heteroatoms. The molecular weight excluding hydrogens is 372 g/mol. The van der Waals surface area contributed by atoms with E-state index in [2.05, 4.69) is 5.92 Å². The van der Waals surface area contributed by atoms with Gasteiger partial charge in [0.15, 0.2) is 5.78 Å². The maximum Gasteiger partial charge on any atom is 0.330 e. The van der Waals surface area contributed by atoms with Crippen molar-refractivity contribution in [3.8, 4) is 12.3 Å². The van der Waals surface area contributed by atoms with Crippen LogP contribution in [0.4, 0.5) is 0 Å². The van der Waals surface area contributed by atoms with Crippen LogP contribution in [0.25, 0.3) is 0 Å². The third kappa shape index (κ3) is 10.6. The van der Waals surface area contributed by atoms with E-state index in [4.69, 9.17) is 25.4 Å². The molecule has 1 unspecified atom stereocenters. The first-order valence-corrected chi connectivity index (χ1v) is 9.48. The Balaban J connectivity index is 2.49. The summed E-state index contributed by atoms with van der Waals surface area (Å²) >= 11 is 0. The van der Waals surface area contributed by atoms with Crippen LogP contribution < -0.4 is 0 Å². The number of carbonyl (C=O) groups excluding carboxylic acids is 2. The molecule has 29 heavy (non-hydrogen) atoms. The van der Waals surface area contributed by atoms with Crippen LogP contribution >= 0.6 is 0 Å². The van der Waals surface area contributed by atoms with Gasteiger partial charge in [0.05, 0.1) is 19.3 Å². The zero-order valence-electron chi connectivity index (χ0n) is 17.6. The number of rotatable bonds is 13. The zero-order chi connectivity index (χ0) is 21.7. The van der Waals surface area contributed by atoms with E-state index in [1.165, 1.54) is 6.08 Å². The Morgan fingerprint density at radius 2 is 1.83 bits per heavy atom. The lowest BCUT2D eigenvalue weighted by Crippen LogP contribution is -2.33. The Morgan fingerprint density at radius 1 is 1.14 bits per heavy atom. The quantitative estimate of drug-likeness (QED) is 0.219. The largest absolute Gasteiger partial charge is 0.460 e. The first-order valence-electron chi connectivity index (χ1n) is 9.48. The first kappa shape index (κ1) is 24.6. The van der Waals surface area contributed by atoms with Crippen molar-refractivity contribution < 1.29 is 28.5 Å². The molecule has 0 amide bonds. The van der Waals surface area contributed by atoms with Gasteiger partial charge in [0.25, 0.3) is 0 Å². The molecule has 1 atom stereocenters. The monoisotopic (exact) mass is 402 g/mol. The summed E-state index contributed by atoms with van der Waals surface area (Å²) in [6.45, 7) is 7.69. The Labute approximate surface area is 173 Å². The molecule has 1 rings (SSSR count). The minimum atomic E-state index is -1.07. The van der Waals surface area contributed by atoms with E-state index in [9.17, 15) is 9.59 Å². The fourth-order valence-electron chi connectivity index (χ4n) is 2.24. The van der Waals surface area contributed by atoms with Crippen LogP contribution in [0.2, 0.25) is 0 Å². The van der Waals surface area contributed by atoms with E-state index < -0.39 is 17.7 Å². The van der Waals surface area contributed by atoms with E-state index in [-0.39, 0.29) is 31.7 Å². The maximum atomic E-state index is 12.4. The number of hydrogen-bond donors (Lipinski definition) is 0. The zero-order valence-corrected chi connectivity index (χ0v) is 17.6. The van der Waals surface area contributed by atoms with Crippen LogP contribution in [0, 0.1) is 12.3 Å². The highest BCUT2D eigenvalue weighted by molar-refractivity contribution is 6.00.